The lowest BCUT2D eigenvalue weighted by Gasteiger charge is -2.21. The Morgan fingerprint density at radius 1 is 1.21 bits per heavy atom. The molecule has 1 heterocycles. The minimum atomic E-state index is -0.462. The van der Waals surface area contributed by atoms with Crippen LogP contribution in [0, 0.1) is 5.41 Å². The number of anilines is 1. The zero-order valence-corrected chi connectivity index (χ0v) is 13.9. The van der Waals surface area contributed by atoms with Crippen molar-refractivity contribution in [3.8, 4) is 0 Å². The fraction of sp³-hybridized carbons (Fsp3) is 0.188. The van der Waals surface area contributed by atoms with Gasteiger partial charge in [0, 0.05) is 18.7 Å². The van der Waals surface area contributed by atoms with E-state index in [1.807, 2.05) is 0 Å². The summed E-state index contributed by atoms with van der Waals surface area (Å²) < 4.78 is 4.63. The van der Waals surface area contributed by atoms with E-state index in [0.29, 0.717) is 34.8 Å². The molecule has 5 N–H and O–H groups in total. The number of methoxy groups -OCH3 is 1. The van der Waals surface area contributed by atoms with Crippen molar-refractivity contribution < 1.29 is 14.3 Å². The van der Waals surface area contributed by atoms with E-state index in [-0.39, 0.29) is 11.7 Å². The molecule has 24 heavy (non-hydrogen) atoms. The number of hydrogen-bond donors (Lipinski definition) is 3. The summed E-state index contributed by atoms with van der Waals surface area (Å²) in [7, 11) is 1.30. The first-order chi connectivity index (χ1) is 11.5. The third kappa shape index (κ3) is 3.61. The second-order valence-electron chi connectivity index (χ2n) is 4.86. The number of nitrogens with two attached hydrogens (primary N) is 2. The smallest absolute Gasteiger partial charge is 0.337 e. The van der Waals surface area contributed by atoms with Gasteiger partial charge in [-0.2, -0.15) is 0 Å². The van der Waals surface area contributed by atoms with Crippen LogP contribution in [0.15, 0.2) is 35.7 Å². The van der Waals surface area contributed by atoms with Crippen LogP contribution < -0.4 is 16.4 Å². The molecule has 1 aromatic heterocycles. The molecular weight excluding hydrogens is 328 g/mol. The zero-order chi connectivity index (χ0) is 17.7. The molecule has 0 saturated heterocycles. The fourth-order valence-electron chi connectivity index (χ4n) is 2.17. The maximum Gasteiger partial charge on any atom is 0.337 e. The van der Waals surface area contributed by atoms with Gasteiger partial charge in [0.25, 0.3) is 0 Å². The highest BCUT2D eigenvalue weighted by Gasteiger charge is 2.21. The number of ketones is 1. The van der Waals surface area contributed by atoms with Gasteiger partial charge in [-0.05, 0) is 23.6 Å². The lowest BCUT2D eigenvalue weighted by Crippen LogP contribution is -2.40. The quantitative estimate of drug-likeness (QED) is 0.315. The number of guanidine groups is 1. The number of carbonyl (C=O) groups excluding carboxylic acids is 2. The molecule has 0 saturated carbocycles. The van der Waals surface area contributed by atoms with Gasteiger partial charge in [0.1, 0.15) is 5.00 Å². The van der Waals surface area contributed by atoms with Crippen LogP contribution in [0.3, 0.4) is 0 Å². The van der Waals surface area contributed by atoms with Gasteiger partial charge in [0.15, 0.2) is 11.7 Å². The van der Waals surface area contributed by atoms with Gasteiger partial charge >= 0.3 is 5.97 Å². The second kappa shape index (κ2) is 7.71. The van der Waals surface area contributed by atoms with E-state index in [1.54, 1.807) is 23.6 Å². The van der Waals surface area contributed by atoms with Crippen LogP contribution in [-0.2, 0) is 4.74 Å². The van der Waals surface area contributed by atoms with E-state index in [9.17, 15) is 9.59 Å². The molecule has 0 aliphatic carbocycles. The Morgan fingerprint density at radius 3 is 2.38 bits per heavy atom. The molecule has 1 aromatic carbocycles. The first-order valence-corrected chi connectivity index (χ1v) is 7.99. The van der Waals surface area contributed by atoms with E-state index >= 15 is 0 Å². The topological polar surface area (TPSA) is 123 Å². The minimum Gasteiger partial charge on any atom is -0.465 e. The van der Waals surface area contributed by atoms with Crippen molar-refractivity contribution in [3.63, 3.8) is 0 Å². The van der Waals surface area contributed by atoms with Gasteiger partial charge in [0.2, 0.25) is 0 Å². The molecule has 2 rings (SSSR count). The third-order valence-electron chi connectivity index (χ3n) is 3.35. The molecule has 0 fully saturated rings. The van der Waals surface area contributed by atoms with Gasteiger partial charge in [-0.1, -0.05) is 12.1 Å². The van der Waals surface area contributed by atoms with Gasteiger partial charge in [-0.3, -0.25) is 10.2 Å². The predicted molar refractivity (Wildman–Crippen MR) is 93.8 cm³/mol. The van der Waals surface area contributed by atoms with Crippen LogP contribution in [0.1, 0.15) is 26.3 Å². The first-order valence-electron chi connectivity index (χ1n) is 7.11. The van der Waals surface area contributed by atoms with Crippen LogP contribution in [0.5, 0.6) is 0 Å². The van der Waals surface area contributed by atoms with E-state index in [2.05, 4.69) is 4.74 Å². The lowest BCUT2D eigenvalue weighted by molar-refractivity contribution is 0.0600. The SMILES string of the molecule is COC(=O)c1ccc(C(=O)c2ccsc2N(CCN)C(=N)N)cc1. The number of hydrogen-bond acceptors (Lipinski definition) is 6. The summed E-state index contributed by atoms with van der Waals surface area (Å²) in [6.45, 7) is 0.649. The van der Waals surface area contributed by atoms with Gasteiger partial charge in [0.05, 0.1) is 18.2 Å². The van der Waals surface area contributed by atoms with Gasteiger partial charge < -0.3 is 21.1 Å². The predicted octanol–water partition coefficient (Wildman–Crippen LogP) is 1.42. The van der Waals surface area contributed by atoms with Crippen molar-refractivity contribution in [2.45, 2.75) is 0 Å². The van der Waals surface area contributed by atoms with Crippen molar-refractivity contribution in [2.75, 3.05) is 25.1 Å². The molecule has 0 radical (unpaired) electrons. The molecule has 2 aromatic rings. The number of ether oxygens (including phenoxy) is 1. The number of rotatable bonds is 6. The Balaban J connectivity index is 2.32. The molecule has 8 heteroatoms. The fourth-order valence-corrected chi connectivity index (χ4v) is 3.11. The second-order valence-corrected chi connectivity index (χ2v) is 5.76. The highest BCUT2D eigenvalue weighted by molar-refractivity contribution is 7.14. The summed E-state index contributed by atoms with van der Waals surface area (Å²) in [5.74, 6) is -0.847. The lowest BCUT2D eigenvalue weighted by atomic mass is 10.0. The summed E-state index contributed by atoms with van der Waals surface area (Å²) in [4.78, 5) is 25.7. The van der Waals surface area contributed by atoms with Gasteiger partial charge in [-0.25, -0.2) is 4.79 Å². The van der Waals surface area contributed by atoms with Crippen molar-refractivity contribution in [3.05, 3.63) is 52.4 Å². The summed E-state index contributed by atoms with van der Waals surface area (Å²) in [6.07, 6.45) is 0. The first kappa shape index (κ1) is 17.6. The highest BCUT2D eigenvalue weighted by Crippen LogP contribution is 2.29. The van der Waals surface area contributed by atoms with Crippen LogP contribution in [0.4, 0.5) is 5.00 Å². The normalized spacial score (nSPS) is 10.2. The average Bonchev–Trinajstić information content (AvgIpc) is 3.07. The summed E-state index contributed by atoms with van der Waals surface area (Å²) in [6, 6.07) is 7.89. The number of nitrogens with zero attached hydrogens (tertiary/aromatic N) is 1. The van der Waals surface area contributed by atoms with Crippen molar-refractivity contribution >= 4 is 34.0 Å². The molecule has 7 nitrogen and oxygen atoms in total. The largest absolute Gasteiger partial charge is 0.465 e. The number of thiophene rings is 1. The highest BCUT2D eigenvalue weighted by atomic mass is 32.1. The number of nitrogens with one attached hydrogen (secondary N) is 1. The maximum atomic E-state index is 12.7. The van der Waals surface area contributed by atoms with Crippen LogP contribution in [-0.4, -0.2) is 37.9 Å². The van der Waals surface area contributed by atoms with E-state index in [1.165, 1.54) is 35.5 Å². The van der Waals surface area contributed by atoms with E-state index in [4.69, 9.17) is 16.9 Å². The molecule has 0 amide bonds. The van der Waals surface area contributed by atoms with Crippen molar-refractivity contribution in [1.29, 1.82) is 5.41 Å². The Bertz CT molecular complexity index is 755. The van der Waals surface area contributed by atoms with Crippen molar-refractivity contribution in [1.82, 2.24) is 0 Å². The molecule has 0 aliphatic rings. The van der Waals surface area contributed by atoms with E-state index in [0.717, 1.165) is 0 Å². The van der Waals surface area contributed by atoms with Crippen LogP contribution in [0.25, 0.3) is 0 Å². The molecule has 0 aliphatic heterocycles. The standard InChI is InChI=1S/C16H18N4O3S/c1-23-15(22)11-4-2-10(3-5-11)13(21)12-6-9-24-14(12)20(8-7-17)16(18)19/h2-6,9H,7-8,17H2,1H3,(H3,18,19). The number of carbonyl (C=O) groups is 2. The number of benzene rings is 1. The molecule has 0 bridgehead atoms. The summed E-state index contributed by atoms with van der Waals surface area (Å²) in [5.41, 5.74) is 12.4. The molecule has 0 atom stereocenters. The van der Waals surface area contributed by atoms with Gasteiger partial charge in [-0.15, -0.1) is 11.3 Å². The monoisotopic (exact) mass is 346 g/mol. The Morgan fingerprint density at radius 2 is 1.83 bits per heavy atom. The Labute approximate surface area is 143 Å². The maximum absolute atomic E-state index is 12.7. The average molecular weight is 346 g/mol. The summed E-state index contributed by atoms with van der Waals surface area (Å²) >= 11 is 1.32. The summed E-state index contributed by atoms with van der Waals surface area (Å²) in [5, 5.41) is 10.0. The molecule has 0 spiro atoms. The zero-order valence-electron chi connectivity index (χ0n) is 13.1. The molecule has 126 valence electrons. The van der Waals surface area contributed by atoms with E-state index < -0.39 is 5.97 Å². The molecular formula is C16H18N4O3S. The van der Waals surface area contributed by atoms with Crippen LogP contribution in [0.2, 0.25) is 0 Å². The Hall–Kier alpha value is -2.71. The van der Waals surface area contributed by atoms with Crippen molar-refractivity contribution in [2.24, 2.45) is 11.5 Å². The molecule has 0 unspecified atom stereocenters. The minimum absolute atomic E-state index is 0.169. The van der Waals surface area contributed by atoms with Crippen LogP contribution >= 0.6 is 11.3 Å². The number of esters is 1. The third-order valence-corrected chi connectivity index (χ3v) is 4.28. The Kier molecular flexibility index (Phi) is 5.67.